The number of benzene rings is 4. The lowest BCUT2D eigenvalue weighted by Gasteiger charge is -2.34. The first-order chi connectivity index (χ1) is 22.0. The van der Waals surface area contributed by atoms with Crippen molar-refractivity contribution in [2.45, 2.75) is 31.3 Å². The summed E-state index contributed by atoms with van der Waals surface area (Å²) in [6, 6.07) is 34.4. The van der Waals surface area contributed by atoms with E-state index >= 15 is 0 Å². The molecule has 0 unspecified atom stereocenters. The number of aryl methyl sites for hydroxylation is 1. The third-order valence-electron chi connectivity index (χ3n) is 8.54. The van der Waals surface area contributed by atoms with Gasteiger partial charge in [0.05, 0.1) is 17.1 Å². The number of rotatable bonds is 10. The lowest BCUT2D eigenvalue weighted by Crippen LogP contribution is -2.46. The summed E-state index contributed by atoms with van der Waals surface area (Å²) in [6.45, 7) is 9.52. The number of hydrogen-bond acceptors (Lipinski definition) is 5. The summed E-state index contributed by atoms with van der Waals surface area (Å²) in [5.41, 5.74) is 6.11. The van der Waals surface area contributed by atoms with Crippen molar-refractivity contribution in [1.29, 1.82) is 0 Å². The molecule has 0 atom stereocenters. The highest BCUT2D eigenvalue weighted by Gasteiger charge is 2.29. The zero-order valence-corrected chi connectivity index (χ0v) is 26.6. The molecule has 0 bridgehead atoms. The van der Waals surface area contributed by atoms with E-state index in [2.05, 4.69) is 70.6 Å². The molecule has 1 N–H and O–H groups in total. The number of carbonyl (C=O) groups excluding carboxylic acids is 2. The van der Waals surface area contributed by atoms with E-state index in [-0.39, 0.29) is 11.8 Å². The van der Waals surface area contributed by atoms with Crippen LogP contribution < -0.4 is 10.2 Å². The van der Waals surface area contributed by atoms with Gasteiger partial charge in [-0.2, -0.15) is 0 Å². The topological polar surface area (TPSA) is 55.9 Å². The number of fused-ring (bicyclic) bond motifs is 1. The molecule has 0 saturated carbocycles. The molecule has 2 heterocycles. The molecule has 0 aromatic heterocycles. The van der Waals surface area contributed by atoms with Gasteiger partial charge >= 0.3 is 0 Å². The van der Waals surface area contributed by atoms with Crippen LogP contribution in [0.3, 0.4) is 0 Å². The Morgan fingerprint density at radius 1 is 0.800 bits per heavy atom. The zero-order valence-electron chi connectivity index (χ0n) is 25.8. The molecule has 1 fully saturated rings. The van der Waals surface area contributed by atoms with Crippen LogP contribution in [-0.2, 0) is 17.9 Å². The van der Waals surface area contributed by atoms with E-state index in [0.717, 1.165) is 73.0 Å². The summed E-state index contributed by atoms with van der Waals surface area (Å²) in [5.74, 6) is -0.0790. The molecule has 2 aliphatic rings. The number of piperazine rings is 1. The summed E-state index contributed by atoms with van der Waals surface area (Å²) in [6.07, 6.45) is 2.85. The van der Waals surface area contributed by atoms with Gasteiger partial charge < -0.3 is 15.1 Å². The Labute approximate surface area is 270 Å². The second-order valence-corrected chi connectivity index (χ2v) is 12.8. The third-order valence-corrected chi connectivity index (χ3v) is 9.62. The summed E-state index contributed by atoms with van der Waals surface area (Å²) in [5, 5.41) is 3.08. The first-order valence-corrected chi connectivity index (χ1v) is 16.6. The van der Waals surface area contributed by atoms with Crippen LogP contribution >= 0.6 is 11.8 Å². The van der Waals surface area contributed by atoms with Crippen molar-refractivity contribution in [3.63, 3.8) is 0 Å². The highest BCUT2D eigenvalue weighted by atomic mass is 32.2. The van der Waals surface area contributed by atoms with Crippen LogP contribution in [0.15, 0.2) is 113 Å². The SMILES string of the molecule is Cc1ccccc1CN1C(=O)C(=Cc2ccc(C(=O)NCCCN3CCN(Cc4ccccc4)CC3)cc2)Sc2ccccc21. The van der Waals surface area contributed by atoms with Gasteiger partial charge in [-0.1, -0.05) is 90.6 Å². The first kappa shape index (κ1) is 30.8. The van der Waals surface area contributed by atoms with Crippen LogP contribution in [0, 0.1) is 6.92 Å². The summed E-state index contributed by atoms with van der Waals surface area (Å²) < 4.78 is 0. The largest absolute Gasteiger partial charge is 0.352 e. The van der Waals surface area contributed by atoms with Crippen molar-refractivity contribution < 1.29 is 9.59 Å². The Balaban J connectivity index is 0.998. The quantitative estimate of drug-likeness (QED) is 0.161. The molecule has 2 amide bonds. The Morgan fingerprint density at radius 2 is 1.49 bits per heavy atom. The third kappa shape index (κ3) is 7.92. The van der Waals surface area contributed by atoms with E-state index in [1.165, 1.54) is 17.3 Å². The van der Waals surface area contributed by atoms with Gasteiger partial charge in [0.1, 0.15) is 0 Å². The Bertz CT molecular complexity index is 1650. The average Bonchev–Trinajstić information content (AvgIpc) is 3.07. The van der Waals surface area contributed by atoms with E-state index in [1.807, 2.05) is 65.6 Å². The monoisotopic (exact) mass is 616 g/mol. The molecule has 6 rings (SSSR count). The molecule has 4 aromatic carbocycles. The molecule has 6 nitrogen and oxygen atoms in total. The first-order valence-electron chi connectivity index (χ1n) is 15.8. The lowest BCUT2D eigenvalue weighted by atomic mass is 10.1. The maximum absolute atomic E-state index is 13.7. The second kappa shape index (κ2) is 14.7. The number of anilines is 1. The van der Waals surface area contributed by atoms with Gasteiger partial charge in [0.25, 0.3) is 11.8 Å². The fourth-order valence-corrected chi connectivity index (χ4v) is 6.94. The summed E-state index contributed by atoms with van der Waals surface area (Å²) in [4.78, 5) is 35.1. The predicted molar refractivity (Wildman–Crippen MR) is 184 cm³/mol. The van der Waals surface area contributed by atoms with Crippen LogP contribution in [-0.4, -0.2) is 60.9 Å². The van der Waals surface area contributed by atoms with Gasteiger partial charge in [0.15, 0.2) is 0 Å². The fourth-order valence-electron chi connectivity index (χ4n) is 5.88. The molecule has 230 valence electrons. The molecule has 0 radical (unpaired) electrons. The highest BCUT2D eigenvalue weighted by molar-refractivity contribution is 8.04. The molecular weight excluding hydrogens is 577 g/mol. The van der Waals surface area contributed by atoms with Crippen molar-refractivity contribution in [3.05, 3.63) is 136 Å². The van der Waals surface area contributed by atoms with Gasteiger partial charge in [0, 0.05) is 49.7 Å². The Morgan fingerprint density at radius 3 is 2.27 bits per heavy atom. The van der Waals surface area contributed by atoms with Gasteiger partial charge in [-0.25, -0.2) is 0 Å². The smallest absolute Gasteiger partial charge is 0.265 e. The van der Waals surface area contributed by atoms with Crippen LogP contribution in [0.4, 0.5) is 5.69 Å². The van der Waals surface area contributed by atoms with Gasteiger partial charge in [-0.05, 0) is 72.5 Å². The average molecular weight is 617 g/mol. The molecular formula is C38H40N4O2S. The molecule has 4 aromatic rings. The Hall–Kier alpha value is -4.17. The van der Waals surface area contributed by atoms with Crippen LogP contribution in [0.5, 0.6) is 0 Å². The van der Waals surface area contributed by atoms with Gasteiger partial charge in [-0.15, -0.1) is 0 Å². The van der Waals surface area contributed by atoms with Gasteiger partial charge in [0.2, 0.25) is 0 Å². The minimum absolute atomic E-state index is 0.0126. The van der Waals surface area contributed by atoms with E-state index in [9.17, 15) is 9.59 Å². The lowest BCUT2D eigenvalue weighted by molar-refractivity contribution is -0.114. The van der Waals surface area contributed by atoms with Crippen molar-refractivity contribution in [3.8, 4) is 0 Å². The minimum Gasteiger partial charge on any atom is -0.352 e. The number of nitrogens with zero attached hydrogens (tertiary/aromatic N) is 3. The Kier molecular flexibility index (Phi) is 10.1. The number of amides is 2. The van der Waals surface area contributed by atoms with E-state index < -0.39 is 0 Å². The predicted octanol–water partition coefficient (Wildman–Crippen LogP) is 6.61. The van der Waals surface area contributed by atoms with E-state index in [1.54, 1.807) is 0 Å². The van der Waals surface area contributed by atoms with Crippen LogP contribution in [0.1, 0.15) is 39.0 Å². The van der Waals surface area contributed by atoms with E-state index in [4.69, 9.17) is 0 Å². The number of para-hydroxylation sites is 1. The minimum atomic E-state index is -0.0664. The molecule has 0 aliphatic carbocycles. The standard InChI is InChI=1S/C38H40N4O2S/c1-29-10-5-6-13-33(29)28-42-34-14-7-8-15-35(34)45-36(38(42)44)26-30-16-18-32(19-17-30)37(43)39-20-9-21-40-22-24-41(25-23-40)27-31-11-3-2-4-12-31/h2-8,10-19,26H,9,20-25,27-28H2,1H3,(H,39,43). The summed E-state index contributed by atoms with van der Waals surface area (Å²) >= 11 is 1.50. The highest BCUT2D eigenvalue weighted by Crippen LogP contribution is 2.42. The molecule has 0 spiro atoms. The zero-order chi connectivity index (χ0) is 31.0. The van der Waals surface area contributed by atoms with Crippen molar-refractivity contribution >= 4 is 35.3 Å². The van der Waals surface area contributed by atoms with Crippen molar-refractivity contribution in [1.82, 2.24) is 15.1 Å². The number of nitrogens with one attached hydrogen (secondary N) is 1. The maximum atomic E-state index is 13.7. The molecule has 1 saturated heterocycles. The molecule has 2 aliphatic heterocycles. The fraction of sp³-hybridized carbons (Fsp3) is 0.263. The van der Waals surface area contributed by atoms with E-state index in [0.29, 0.717) is 23.6 Å². The molecule has 7 heteroatoms. The van der Waals surface area contributed by atoms with Crippen LogP contribution in [0.2, 0.25) is 0 Å². The number of hydrogen-bond donors (Lipinski definition) is 1. The van der Waals surface area contributed by atoms with Crippen molar-refractivity contribution in [2.75, 3.05) is 44.2 Å². The number of thioether (sulfide) groups is 1. The normalized spacial score (nSPS) is 16.5. The number of carbonyl (C=O) groups is 2. The summed E-state index contributed by atoms with van der Waals surface area (Å²) in [7, 11) is 0. The van der Waals surface area contributed by atoms with Crippen molar-refractivity contribution in [2.24, 2.45) is 0 Å². The van der Waals surface area contributed by atoms with Crippen LogP contribution in [0.25, 0.3) is 6.08 Å². The van der Waals surface area contributed by atoms with Gasteiger partial charge in [-0.3, -0.25) is 14.5 Å². The maximum Gasteiger partial charge on any atom is 0.265 e. The molecule has 45 heavy (non-hydrogen) atoms. The second-order valence-electron chi connectivity index (χ2n) is 11.7.